The van der Waals surface area contributed by atoms with Crippen molar-refractivity contribution in [1.29, 1.82) is 0 Å². The van der Waals surface area contributed by atoms with Gasteiger partial charge in [-0.25, -0.2) is 4.79 Å². The number of ether oxygens (including phenoxy) is 2. The Kier molecular flexibility index (Phi) is 4.21. The van der Waals surface area contributed by atoms with Gasteiger partial charge in [0, 0.05) is 16.3 Å². The molecular formula is C18H27NO3S. The number of nitrogens with zero attached hydrogens (tertiary/aromatic N) is 1. The van der Waals surface area contributed by atoms with E-state index >= 15 is 0 Å². The van der Waals surface area contributed by atoms with Gasteiger partial charge in [-0.15, -0.1) is 11.3 Å². The van der Waals surface area contributed by atoms with Gasteiger partial charge in [-0.3, -0.25) is 0 Å². The normalized spacial score (nSPS) is 22.1. The third-order valence-electron chi connectivity index (χ3n) is 4.59. The van der Waals surface area contributed by atoms with Crippen LogP contribution in [0.1, 0.15) is 64.0 Å². The van der Waals surface area contributed by atoms with Gasteiger partial charge >= 0.3 is 6.09 Å². The first-order chi connectivity index (χ1) is 10.7. The van der Waals surface area contributed by atoms with E-state index in [1.807, 2.05) is 34.6 Å². The molecule has 1 atom stereocenters. The van der Waals surface area contributed by atoms with Crippen molar-refractivity contribution in [3.05, 3.63) is 21.9 Å². The highest BCUT2D eigenvalue weighted by atomic mass is 32.1. The van der Waals surface area contributed by atoms with Crippen LogP contribution in [-0.2, 0) is 14.9 Å². The van der Waals surface area contributed by atoms with E-state index in [0.717, 1.165) is 6.61 Å². The van der Waals surface area contributed by atoms with Crippen LogP contribution in [0.2, 0.25) is 0 Å². The molecule has 1 unspecified atom stereocenters. The first-order valence-corrected chi connectivity index (χ1v) is 9.29. The topological polar surface area (TPSA) is 38.8 Å². The first-order valence-electron chi connectivity index (χ1n) is 8.41. The molecule has 1 fully saturated rings. The molecule has 2 aliphatic rings. The molecule has 1 aliphatic carbocycles. The van der Waals surface area contributed by atoms with Crippen molar-refractivity contribution in [2.24, 2.45) is 0 Å². The second kappa shape index (κ2) is 5.78. The van der Waals surface area contributed by atoms with Gasteiger partial charge in [-0.2, -0.15) is 0 Å². The number of carbonyl (C=O) groups excluding carboxylic acids is 1. The highest BCUT2D eigenvalue weighted by Crippen LogP contribution is 2.55. The Bertz CT molecular complexity index is 583. The lowest BCUT2D eigenvalue weighted by Gasteiger charge is -2.35. The highest BCUT2D eigenvalue weighted by Gasteiger charge is 2.50. The van der Waals surface area contributed by atoms with Gasteiger partial charge in [0.15, 0.2) is 0 Å². The van der Waals surface area contributed by atoms with E-state index in [-0.39, 0.29) is 23.7 Å². The fourth-order valence-electron chi connectivity index (χ4n) is 3.12. The molecule has 1 spiro atoms. The molecule has 3 rings (SSSR count). The summed E-state index contributed by atoms with van der Waals surface area (Å²) in [6, 6.07) is 2.32. The third kappa shape index (κ3) is 3.41. The van der Waals surface area contributed by atoms with Crippen LogP contribution in [0.5, 0.6) is 0 Å². The standard InChI is InChI=1S/C18H27NO3S/c1-12(2)19(16(20)22-17(3,4)5)10-14-15-13(6-9-23-15)18(7-8-18)11-21-14/h6,9,12,14H,7-8,10-11H2,1-5H3. The summed E-state index contributed by atoms with van der Waals surface area (Å²) in [5, 5.41) is 2.15. The minimum Gasteiger partial charge on any atom is -0.444 e. The third-order valence-corrected chi connectivity index (χ3v) is 5.60. The monoisotopic (exact) mass is 337 g/mol. The molecule has 1 aliphatic heterocycles. The summed E-state index contributed by atoms with van der Waals surface area (Å²) in [6.45, 7) is 11.1. The van der Waals surface area contributed by atoms with Gasteiger partial charge in [0.05, 0.1) is 13.2 Å². The maximum absolute atomic E-state index is 12.5. The predicted molar refractivity (Wildman–Crippen MR) is 92.0 cm³/mol. The summed E-state index contributed by atoms with van der Waals surface area (Å²) >= 11 is 1.75. The van der Waals surface area contributed by atoms with Crippen LogP contribution in [0.4, 0.5) is 4.79 Å². The minimum absolute atomic E-state index is 0.0360. The van der Waals surface area contributed by atoms with E-state index in [0.29, 0.717) is 6.54 Å². The van der Waals surface area contributed by atoms with Crippen LogP contribution >= 0.6 is 11.3 Å². The smallest absolute Gasteiger partial charge is 0.410 e. The fourth-order valence-corrected chi connectivity index (χ4v) is 4.17. The van der Waals surface area contributed by atoms with E-state index in [1.54, 1.807) is 16.2 Å². The van der Waals surface area contributed by atoms with Crippen molar-refractivity contribution in [3.63, 3.8) is 0 Å². The summed E-state index contributed by atoms with van der Waals surface area (Å²) in [5.41, 5.74) is 1.25. The quantitative estimate of drug-likeness (QED) is 0.815. The van der Waals surface area contributed by atoms with Crippen LogP contribution in [0.15, 0.2) is 11.4 Å². The van der Waals surface area contributed by atoms with Gasteiger partial charge in [0.1, 0.15) is 11.7 Å². The van der Waals surface area contributed by atoms with Gasteiger partial charge in [-0.1, -0.05) is 0 Å². The molecule has 0 N–H and O–H groups in total. The van der Waals surface area contributed by atoms with Crippen molar-refractivity contribution < 1.29 is 14.3 Å². The number of carbonyl (C=O) groups is 1. The Morgan fingerprint density at radius 2 is 2.17 bits per heavy atom. The lowest BCUT2D eigenvalue weighted by atomic mass is 9.93. The zero-order chi connectivity index (χ0) is 16.8. The molecule has 1 amide bonds. The number of hydrogen-bond acceptors (Lipinski definition) is 4. The van der Waals surface area contributed by atoms with Crippen LogP contribution in [0.25, 0.3) is 0 Å². The number of hydrogen-bond donors (Lipinski definition) is 0. The molecule has 4 nitrogen and oxygen atoms in total. The highest BCUT2D eigenvalue weighted by molar-refractivity contribution is 7.10. The molecule has 23 heavy (non-hydrogen) atoms. The second-order valence-corrected chi connectivity index (χ2v) is 8.95. The number of fused-ring (bicyclic) bond motifs is 2. The molecule has 0 saturated heterocycles. The Labute approximate surface area is 142 Å². The zero-order valence-corrected chi connectivity index (χ0v) is 15.5. The van der Waals surface area contributed by atoms with Crippen LogP contribution in [-0.4, -0.2) is 35.8 Å². The summed E-state index contributed by atoms with van der Waals surface area (Å²) in [5.74, 6) is 0. The van der Waals surface area contributed by atoms with Crippen molar-refractivity contribution in [2.75, 3.05) is 13.2 Å². The van der Waals surface area contributed by atoms with E-state index < -0.39 is 5.60 Å². The average Bonchev–Trinajstić information content (AvgIpc) is 3.01. The molecule has 128 valence electrons. The summed E-state index contributed by atoms with van der Waals surface area (Å²) < 4.78 is 11.7. The summed E-state index contributed by atoms with van der Waals surface area (Å²) in [6.07, 6.45) is 2.15. The zero-order valence-electron chi connectivity index (χ0n) is 14.7. The van der Waals surface area contributed by atoms with E-state index in [9.17, 15) is 4.79 Å². The number of thiophene rings is 1. The molecule has 0 aromatic carbocycles. The van der Waals surface area contributed by atoms with Gasteiger partial charge in [0.25, 0.3) is 0 Å². The lowest BCUT2D eigenvalue weighted by Crippen LogP contribution is -2.44. The molecule has 5 heteroatoms. The molecule has 0 radical (unpaired) electrons. The van der Waals surface area contributed by atoms with E-state index in [2.05, 4.69) is 11.4 Å². The molecule has 1 saturated carbocycles. The number of rotatable bonds is 3. The van der Waals surface area contributed by atoms with Crippen molar-refractivity contribution in [2.45, 2.75) is 70.6 Å². The van der Waals surface area contributed by atoms with Crippen LogP contribution < -0.4 is 0 Å². The van der Waals surface area contributed by atoms with E-state index in [1.165, 1.54) is 23.3 Å². The van der Waals surface area contributed by atoms with Crippen LogP contribution in [0, 0.1) is 0 Å². The van der Waals surface area contributed by atoms with Crippen molar-refractivity contribution >= 4 is 17.4 Å². The Morgan fingerprint density at radius 3 is 2.74 bits per heavy atom. The molecule has 0 bridgehead atoms. The Morgan fingerprint density at radius 1 is 1.48 bits per heavy atom. The van der Waals surface area contributed by atoms with Crippen LogP contribution in [0.3, 0.4) is 0 Å². The predicted octanol–water partition coefficient (Wildman–Crippen LogP) is 4.50. The van der Waals surface area contributed by atoms with E-state index in [4.69, 9.17) is 9.47 Å². The molecule has 1 aromatic rings. The number of amides is 1. The molecular weight excluding hydrogens is 310 g/mol. The fraction of sp³-hybridized carbons (Fsp3) is 0.722. The maximum Gasteiger partial charge on any atom is 0.410 e. The second-order valence-electron chi connectivity index (χ2n) is 8.00. The Hall–Kier alpha value is -1.07. The van der Waals surface area contributed by atoms with Gasteiger partial charge in [-0.05, 0) is 64.5 Å². The Balaban J connectivity index is 1.75. The first kappa shape index (κ1) is 16.8. The SMILES string of the molecule is CC(C)N(CC1OCC2(CC2)c2ccsc21)C(=O)OC(C)(C)C. The molecule has 2 heterocycles. The summed E-state index contributed by atoms with van der Waals surface area (Å²) in [7, 11) is 0. The van der Waals surface area contributed by atoms with Crippen molar-refractivity contribution in [1.82, 2.24) is 4.90 Å². The lowest BCUT2D eigenvalue weighted by molar-refractivity contribution is -0.0208. The molecule has 1 aromatic heterocycles. The van der Waals surface area contributed by atoms with Gasteiger partial charge < -0.3 is 14.4 Å². The van der Waals surface area contributed by atoms with Crippen molar-refractivity contribution in [3.8, 4) is 0 Å². The summed E-state index contributed by atoms with van der Waals surface area (Å²) in [4.78, 5) is 15.6. The minimum atomic E-state index is -0.482. The maximum atomic E-state index is 12.5. The average molecular weight is 337 g/mol. The van der Waals surface area contributed by atoms with Gasteiger partial charge in [0.2, 0.25) is 0 Å². The largest absolute Gasteiger partial charge is 0.444 e.